The van der Waals surface area contributed by atoms with Gasteiger partial charge in [-0.2, -0.15) is 5.26 Å². The molecule has 0 saturated heterocycles. The average Bonchev–Trinajstić information content (AvgIpc) is 2.42. The van der Waals surface area contributed by atoms with Crippen molar-refractivity contribution in [1.82, 2.24) is 0 Å². The number of ether oxygens (including phenoxy) is 2. The summed E-state index contributed by atoms with van der Waals surface area (Å²) >= 11 is 3.24. The third-order valence-electron chi connectivity index (χ3n) is 2.42. The molecule has 0 saturated carbocycles. The van der Waals surface area contributed by atoms with Gasteiger partial charge in [0.25, 0.3) is 0 Å². The van der Waals surface area contributed by atoms with E-state index in [2.05, 4.69) is 15.9 Å². The lowest BCUT2D eigenvalue weighted by atomic mass is 10.2. The second-order valence-corrected chi connectivity index (χ2v) is 4.57. The van der Waals surface area contributed by atoms with Crippen LogP contribution in [0, 0.1) is 17.1 Å². The summed E-state index contributed by atoms with van der Waals surface area (Å²) in [6, 6.07) is 11.1. The fraction of sp³-hybridized carbons (Fsp3) is 0.0714. The highest BCUT2D eigenvalue weighted by Gasteiger charge is 2.10. The third-order valence-corrected chi connectivity index (χ3v) is 2.92. The van der Waals surface area contributed by atoms with E-state index in [1.165, 1.54) is 19.2 Å². The van der Waals surface area contributed by atoms with Crippen LogP contribution >= 0.6 is 15.9 Å². The molecule has 0 aliphatic carbocycles. The minimum absolute atomic E-state index is 0.0409. The molecular weight excluding hydrogens is 313 g/mol. The molecule has 0 aliphatic rings. The van der Waals surface area contributed by atoms with Crippen LogP contribution in [0.25, 0.3) is 0 Å². The highest BCUT2D eigenvalue weighted by Crippen LogP contribution is 2.31. The second-order valence-electron chi connectivity index (χ2n) is 3.65. The van der Waals surface area contributed by atoms with Crippen molar-refractivity contribution in [3.8, 4) is 23.3 Å². The van der Waals surface area contributed by atoms with E-state index in [0.717, 1.165) is 0 Å². The number of benzene rings is 2. The number of rotatable bonds is 3. The second kappa shape index (κ2) is 5.72. The molecule has 96 valence electrons. The highest BCUT2D eigenvalue weighted by atomic mass is 79.9. The Morgan fingerprint density at radius 1 is 1.16 bits per heavy atom. The third kappa shape index (κ3) is 3.04. The maximum Gasteiger partial charge on any atom is 0.165 e. The molecule has 0 amide bonds. The lowest BCUT2D eigenvalue weighted by Gasteiger charge is -2.10. The zero-order chi connectivity index (χ0) is 13.8. The number of hydrogen-bond donors (Lipinski definition) is 0. The molecule has 0 aliphatic heterocycles. The zero-order valence-electron chi connectivity index (χ0n) is 9.98. The molecule has 2 rings (SSSR count). The fourth-order valence-corrected chi connectivity index (χ4v) is 1.82. The van der Waals surface area contributed by atoms with Gasteiger partial charge in [-0.15, -0.1) is 0 Å². The van der Waals surface area contributed by atoms with Crippen LogP contribution < -0.4 is 9.47 Å². The minimum Gasteiger partial charge on any atom is -0.497 e. The summed E-state index contributed by atoms with van der Waals surface area (Å²) in [6.45, 7) is 0. The number of methoxy groups -OCH3 is 1. The molecule has 3 nitrogen and oxygen atoms in total. The molecule has 0 N–H and O–H groups in total. The Labute approximate surface area is 118 Å². The fourth-order valence-electron chi connectivity index (χ4n) is 1.48. The summed E-state index contributed by atoms with van der Waals surface area (Å²) in [5.74, 6) is 0.317. The largest absolute Gasteiger partial charge is 0.497 e. The van der Waals surface area contributed by atoms with E-state index in [4.69, 9.17) is 14.7 Å². The molecule has 0 aromatic heterocycles. The van der Waals surface area contributed by atoms with E-state index in [9.17, 15) is 4.39 Å². The Balaban J connectivity index is 2.42. The zero-order valence-corrected chi connectivity index (χ0v) is 11.6. The molecular formula is C14H9BrFNO2. The van der Waals surface area contributed by atoms with Crippen LogP contribution in [-0.4, -0.2) is 7.11 Å². The summed E-state index contributed by atoms with van der Waals surface area (Å²) in [5, 5.41) is 9.01. The summed E-state index contributed by atoms with van der Waals surface area (Å²) in [7, 11) is 1.50. The first kappa shape index (κ1) is 13.4. The molecule has 2 aromatic carbocycles. The Kier molecular flexibility index (Phi) is 4.03. The first-order chi connectivity index (χ1) is 9.13. The Hall–Kier alpha value is -2.06. The molecule has 5 heteroatoms. The standard InChI is InChI=1S/C14H9BrFNO2/c1-18-11-4-2-9(8-17)13(7-11)19-14-6-10(15)3-5-12(14)16/h2-7H,1H3. The van der Waals surface area contributed by atoms with Crippen LogP contribution in [0.2, 0.25) is 0 Å². The molecule has 0 fully saturated rings. The van der Waals surface area contributed by atoms with Crippen LogP contribution in [0.5, 0.6) is 17.2 Å². The summed E-state index contributed by atoms with van der Waals surface area (Å²) in [5.41, 5.74) is 0.306. The van der Waals surface area contributed by atoms with Crippen molar-refractivity contribution in [2.24, 2.45) is 0 Å². The van der Waals surface area contributed by atoms with E-state index in [0.29, 0.717) is 15.8 Å². The quantitative estimate of drug-likeness (QED) is 0.848. The molecule has 19 heavy (non-hydrogen) atoms. The van der Waals surface area contributed by atoms with E-state index < -0.39 is 5.82 Å². The Morgan fingerprint density at radius 3 is 2.63 bits per heavy atom. The van der Waals surface area contributed by atoms with Crippen molar-refractivity contribution in [3.05, 3.63) is 52.3 Å². The van der Waals surface area contributed by atoms with Crippen LogP contribution in [-0.2, 0) is 0 Å². The topological polar surface area (TPSA) is 42.2 Å². The number of nitriles is 1. The molecule has 0 unspecified atom stereocenters. The van der Waals surface area contributed by atoms with Crippen LogP contribution in [0.15, 0.2) is 40.9 Å². The van der Waals surface area contributed by atoms with Crippen molar-refractivity contribution in [3.63, 3.8) is 0 Å². The van der Waals surface area contributed by atoms with Crippen molar-refractivity contribution >= 4 is 15.9 Å². The predicted molar refractivity (Wildman–Crippen MR) is 71.9 cm³/mol. The molecule has 0 bridgehead atoms. The Bertz CT molecular complexity index is 652. The average molecular weight is 322 g/mol. The smallest absolute Gasteiger partial charge is 0.165 e. The SMILES string of the molecule is COc1ccc(C#N)c(Oc2cc(Br)ccc2F)c1. The van der Waals surface area contributed by atoms with Gasteiger partial charge >= 0.3 is 0 Å². The monoisotopic (exact) mass is 321 g/mol. The first-order valence-electron chi connectivity index (χ1n) is 5.35. The van der Waals surface area contributed by atoms with Crippen LogP contribution in [0.4, 0.5) is 4.39 Å². The summed E-state index contributed by atoms with van der Waals surface area (Å²) in [4.78, 5) is 0. The maximum absolute atomic E-state index is 13.6. The minimum atomic E-state index is -0.505. The molecule has 2 aromatic rings. The lowest BCUT2D eigenvalue weighted by Crippen LogP contribution is -1.92. The predicted octanol–water partition coefficient (Wildman–Crippen LogP) is 4.26. The van der Waals surface area contributed by atoms with E-state index >= 15 is 0 Å². The van der Waals surface area contributed by atoms with E-state index in [-0.39, 0.29) is 11.5 Å². The summed E-state index contributed by atoms with van der Waals surface area (Å²) in [6.07, 6.45) is 0. The molecule has 0 radical (unpaired) electrons. The van der Waals surface area contributed by atoms with Gasteiger partial charge in [-0.05, 0) is 30.3 Å². The van der Waals surface area contributed by atoms with Gasteiger partial charge in [0.15, 0.2) is 11.6 Å². The number of nitrogens with zero attached hydrogens (tertiary/aromatic N) is 1. The first-order valence-corrected chi connectivity index (χ1v) is 6.14. The van der Waals surface area contributed by atoms with Crippen molar-refractivity contribution < 1.29 is 13.9 Å². The van der Waals surface area contributed by atoms with Crippen LogP contribution in [0.3, 0.4) is 0 Å². The number of hydrogen-bond acceptors (Lipinski definition) is 3. The summed E-state index contributed by atoms with van der Waals surface area (Å²) < 4.78 is 24.8. The Morgan fingerprint density at radius 2 is 1.95 bits per heavy atom. The molecule has 0 spiro atoms. The lowest BCUT2D eigenvalue weighted by molar-refractivity contribution is 0.404. The van der Waals surface area contributed by atoms with Gasteiger partial charge in [0.05, 0.1) is 12.7 Å². The van der Waals surface area contributed by atoms with Gasteiger partial charge in [-0.3, -0.25) is 0 Å². The van der Waals surface area contributed by atoms with Gasteiger partial charge < -0.3 is 9.47 Å². The van der Waals surface area contributed by atoms with Crippen molar-refractivity contribution in [2.45, 2.75) is 0 Å². The van der Waals surface area contributed by atoms with E-state index in [1.54, 1.807) is 24.3 Å². The van der Waals surface area contributed by atoms with Gasteiger partial charge in [-0.25, -0.2) is 4.39 Å². The van der Waals surface area contributed by atoms with Crippen molar-refractivity contribution in [1.29, 1.82) is 5.26 Å². The van der Waals surface area contributed by atoms with Crippen molar-refractivity contribution in [2.75, 3.05) is 7.11 Å². The van der Waals surface area contributed by atoms with Crippen LogP contribution in [0.1, 0.15) is 5.56 Å². The van der Waals surface area contributed by atoms with Gasteiger partial charge in [-0.1, -0.05) is 15.9 Å². The molecule has 0 heterocycles. The van der Waals surface area contributed by atoms with Gasteiger partial charge in [0, 0.05) is 10.5 Å². The van der Waals surface area contributed by atoms with E-state index in [1.807, 2.05) is 6.07 Å². The molecule has 0 atom stereocenters. The highest BCUT2D eigenvalue weighted by molar-refractivity contribution is 9.10. The normalized spacial score (nSPS) is 9.79. The maximum atomic E-state index is 13.6. The number of halogens is 2. The van der Waals surface area contributed by atoms with Gasteiger partial charge in [0.2, 0.25) is 0 Å². The van der Waals surface area contributed by atoms with Gasteiger partial charge in [0.1, 0.15) is 17.6 Å².